The van der Waals surface area contributed by atoms with Crippen LogP contribution in [0.2, 0.25) is 0 Å². The number of benzene rings is 1. The number of hydrogen-bond donors (Lipinski definition) is 1. The van der Waals surface area contributed by atoms with Crippen LogP contribution in [0.15, 0.2) is 29.6 Å². The minimum absolute atomic E-state index is 0.144. The SMILES string of the molecule is COC(=O)CNC(=O)Cc1c(C)nn(-c2nc(-c3ccc(C)cc3)cs2)c1C. The molecule has 0 fully saturated rings. The number of nitrogens with one attached hydrogen (secondary N) is 1. The van der Waals surface area contributed by atoms with Crippen molar-refractivity contribution in [1.29, 1.82) is 0 Å². The van der Waals surface area contributed by atoms with Gasteiger partial charge in [0, 0.05) is 22.2 Å². The number of esters is 1. The van der Waals surface area contributed by atoms with E-state index in [4.69, 9.17) is 4.98 Å². The number of rotatable bonds is 6. The van der Waals surface area contributed by atoms with Crippen LogP contribution in [-0.4, -0.2) is 40.3 Å². The second kappa shape index (κ2) is 8.35. The van der Waals surface area contributed by atoms with Gasteiger partial charge < -0.3 is 10.1 Å². The van der Waals surface area contributed by atoms with Crippen molar-refractivity contribution in [2.75, 3.05) is 13.7 Å². The molecule has 8 heteroatoms. The summed E-state index contributed by atoms with van der Waals surface area (Å²) in [5.74, 6) is -0.737. The number of nitrogens with zero attached hydrogens (tertiary/aromatic N) is 3. The minimum Gasteiger partial charge on any atom is -0.468 e. The van der Waals surface area contributed by atoms with E-state index < -0.39 is 5.97 Å². The maximum atomic E-state index is 12.1. The van der Waals surface area contributed by atoms with Crippen molar-refractivity contribution in [3.8, 4) is 16.4 Å². The van der Waals surface area contributed by atoms with Gasteiger partial charge in [-0.15, -0.1) is 11.3 Å². The van der Waals surface area contributed by atoms with Gasteiger partial charge in [0.1, 0.15) is 6.54 Å². The molecule has 0 saturated carbocycles. The second-order valence-corrected chi connectivity index (χ2v) is 7.31. The summed E-state index contributed by atoms with van der Waals surface area (Å²) in [5.41, 5.74) is 5.60. The summed E-state index contributed by atoms with van der Waals surface area (Å²) in [6.07, 6.45) is 0.144. The largest absolute Gasteiger partial charge is 0.468 e. The lowest BCUT2D eigenvalue weighted by atomic mass is 10.1. The lowest BCUT2D eigenvalue weighted by Crippen LogP contribution is -2.31. The Morgan fingerprint density at radius 1 is 1.18 bits per heavy atom. The van der Waals surface area contributed by atoms with Crippen molar-refractivity contribution in [2.24, 2.45) is 0 Å². The van der Waals surface area contributed by atoms with Gasteiger partial charge in [0.2, 0.25) is 11.0 Å². The van der Waals surface area contributed by atoms with E-state index in [2.05, 4.69) is 34.2 Å². The minimum atomic E-state index is -0.482. The zero-order chi connectivity index (χ0) is 20.3. The summed E-state index contributed by atoms with van der Waals surface area (Å²) in [5, 5.41) is 9.86. The lowest BCUT2D eigenvalue weighted by Gasteiger charge is -2.05. The van der Waals surface area contributed by atoms with Gasteiger partial charge in [-0.1, -0.05) is 29.8 Å². The molecular weight excluding hydrogens is 376 g/mol. The summed E-state index contributed by atoms with van der Waals surface area (Å²) in [7, 11) is 1.28. The zero-order valence-corrected chi connectivity index (χ0v) is 17.1. The van der Waals surface area contributed by atoms with E-state index in [1.807, 2.05) is 31.4 Å². The highest BCUT2D eigenvalue weighted by Crippen LogP contribution is 2.26. The van der Waals surface area contributed by atoms with Crippen molar-refractivity contribution in [1.82, 2.24) is 20.1 Å². The highest BCUT2D eigenvalue weighted by atomic mass is 32.1. The molecule has 3 aromatic rings. The average molecular weight is 398 g/mol. The number of hydrogen-bond acceptors (Lipinski definition) is 6. The maximum absolute atomic E-state index is 12.1. The number of methoxy groups -OCH3 is 1. The molecule has 1 N–H and O–H groups in total. The fourth-order valence-corrected chi connectivity index (χ4v) is 3.64. The van der Waals surface area contributed by atoms with Gasteiger partial charge >= 0.3 is 5.97 Å². The third kappa shape index (κ3) is 4.28. The molecule has 0 unspecified atom stereocenters. The van der Waals surface area contributed by atoms with E-state index in [-0.39, 0.29) is 18.9 Å². The molecule has 0 spiro atoms. The zero-order valence-electron chi connectivity index (χ0n) is 16.3. The maximum Gasteiger partial charge on any atom is 0.325 e. The van der Waals surface area contributed by atoms with Crippen LogP contribution in [0.3, 0.4) is 0 Å². The molecule has 1 amide bonds. The Kier molecular flexibility index (Phi) is 5.89. The van der Waals surface area contributed by atoms with Crippen molar-refractivity contribution in [3.63, 3.8) is 0 Å². The van der Waals surface area contributed by atoms with Crippen LogP contribution in [0.25, 0.3) is 16.4 Å². The normalized spacial score (nSPS) is 10.7. The average Bonchev–Trinajstić information content (AvgIpc) is 3.27. The van der Waals surface area contributed by atoms with E-state index in [0.29, 0.717) is 0 Å². The molecule has 0 aliphatic carbocycles. The molecule has 0 radical (unpaired) electrons. The van der Waals surface area contributed by atoms with Crippen molar-refractivity contribution in [2.45, 2.75) is 27.2 Å². The molecule has 3 rings (SSSR count). The molecule has 7 nitrogen and oxygen atoms in total. The first-order valence-corrected chi connectivity index (χ1v) is 9.68. The summed E-state index contributed by atoms with van der Waals surface area (Å²) in [4.78, 5) is 28.0. The monoisotopic (exact) mass is 398 g/mol. The molecule has 28 heavy (non-hydrogen) atoms. The van der Waals surface area contributed by atoms with Gasteiger partial charge in [-0.3, -0.25) is 9.59 Å². The summed E-state index contributed by atoms with van der Waals surface area (Å²) < 4.78 is 6.29. The Morgan fingerprint density at radius 2 is 1.89 bits per heavy atom. The van der Waals surface area contributed by atoms with E-state index >= 15 is 0 Å². The molecule has 2 heterocycles. The van der Waals surface area contributed by atoms with E-state index in [0.717, 1.165) is 33.3 Å². The quantitative estimate of drug-likeness (QED) is 0.645. The van der Waals surface area contributed by atoms with Gasteiger partial charge in [-0.2, -0.15) is 5.10 Å². The molecule has 0 saturated heterocycles. The molecule has 0 aliphatic heterocycles. The summed E-state index contributed by atoms with van der Waals surface area (Å²) in [6.45, 7) is 5.68. The number of ether oxygens (including phenoxy) is 1. The van der Waals surface area contributed by atoms with Crippen molar-refractivity contribution in [3.05, 3.63) is 52.2 Å². The first kappa shape index (κ1) is 19.8. The van der Waals surface area contributed by atoms with Crippen LogP contribution in [-0.2, 0) is 20.7 Å². The highest BCUT2D eigenvalue weighted by molar-refractivity contribution is 7.12. The van der Waals surface area contributed by atoms with E-state index in [1.165, 1.54) is 24.0 Å². The molecule has 0 atom stereocenters. The third-order valence-electron chi connectivity index (χ3n) is 4.46. The fourth-order valence-electron chi connectivity index (χ4n) is 2.80. The van der Waals surface area contributed by atoms with Crippen LogP contribution in [0, 0.1) is 20.8 Å². The van der Waals surface area contributed by atoms with Crippen LogP contribution in [0.5, 0.6) is 0 Å². The number of thiazole rings is 1. The molecule has 0 aliphatic rings. The lowest BCUT2D eigenvalue weighted by molar-refractivity contribution is -0.141. The van der Waals surface area contributed by atoms with Gasteiger partial charge in [0.05, 0.1) is 24.9 Å². The number of aryl methyl sites for hydroxylation is 2. The van der Waals surface area contributed by atoms with E-state index in [9.17, 15) is 9.59 Å². The summed E-state index contributed by atoms with van der Waals surface area (Å²) >= 11 is 1.50. The van der Waals surface area contributed by atoms with Crippen LogP contribution < -0.4 is 5.32 Å². The van der Waals surface area contributed by atoms with Gasteiger partial charge in [-0.05, 0) is 20.8 Å². The molecule has 146 valence electrons. The first-order chi connectivity index (χ1) is 13.4. The number of aromatic nitrogens is 3. The van der Waals surface area contributed by atoms with Gasteiger partial charge in [-0.25, -0.2) is 9.67 Å². The van der Waals surface area contributed by atoms with Crippen LogP contribution in [0.1, 0.15) is 22.5 Å². The predicted molar refractivity (Wildman–Crippen MR) is 108 cm³/mol. The van der Waals surface area contributed by atoms with Crippen LogP contribution >= 0.6 is 11.3 Å². The number of amides is 1. The molecule has 1 aromatic carbocycles. The smallest absolute Gasteiger partial charge is 0.325 e. The topological polar surface area (TPSA) is 86.1 Å². The van der Waals surface area contributed by atoms with Crippen molar-refractivity contribution < 1.29 is 14.3 Å². The van der Waals surface area contributed by atoms with Crippen LogP contribution in [0.4, 0.5) is 0 Å². The Hall–Kier alpha value is -3.00. The Labute approximate surface area is 167 Å². The first-order valence-electron chi connectivity index (χ1n) is 8.80. The highest BCUT2D eigenvalue weighted by Gasteiger charge is 2.18. The number of carbonyl (C=O) groups is 2. The van der Waals surface area contributed by atoms with E-state index in [1.54, 1.807) is 4.68 Å². The Bertz CT molecular complexity index is 1010. The van der Waals surface area contributed by atoms with Gasteiger partial charge in [0.15, 0.2) is 0 Å². The Balaban J connectivity index is 1.79. The second-order valence-electron chi connectivity index (χ2n) is 6.47. The number of carbonyl (C=O) groups excluding carboxylic acids is 2. The van der Waals surface area contributed by atoms with Gasteiger partial charge in [0.25, 0.3) is 0 Å². The summed E-state index contributed by atoms with van der Waals surface area (Å²) in [6, 6.07) is 8.21. The third-order valence-corrected chi connectivity index (χ3v) is 5.27. The standard InChI is InChI=1S/C20H22N4O3S/c1-12-5-7-15(8-6-12)17-11-28-20(22-17)24-14(3)16(13(2)23-24)9-18(25)21-10-19(26)27-4/h5-8,11H,9-10H2,1-4H3,(H,21,25). The predicted octanol–water partition coefficient (Wildman–Crippen LogP) is 2.75. The van der Waals surface area contributed by atoms with Crippen molar-refractivity contribution >= 4 is 23.2 Å². The molecular formula is C20H22N4O3S. The molecule has 2 aromatic heterocycles. The Morgan fingerprint density at radius 3 is 2.57 bits per heavy atom. The molecule has 0 bridgehead atoms. The fraction of sp³-hybridized carbons (Fsp3) is 0.300.